The van der Waals surface area contributed by atoms with Crippen molar-refractivity contribution in [3.8, 4) is 0 Å². The zero-order valence-electron chi connectivity index (χ0n) is 5.50. The van der Waals surface area contributed by atoms with Gasteiger partial charge in [0.2, 0.25) is 0 Å². The first-order valence-corrected chi connectivity index (χ1v) is 6.00. The molecule has 1 unspecified atom stereocenters. The van der Waals surface area contributed by atoms with Crippen molar-refractivity contribution in [2.24, 2.45) is 0 Å². The Morgan fingerprint density at radius 3 is 3.11 bits per heavy atom. The first kappa shape index (κ1) is 7.29. The van der Waals surface area contributed by atoms with Crippen LogP contribution in [0.2, 0.25) is 0 Å². The summed E-state index contributed by atoms with van der Waals surface area (Å²) in [6, 6.07) is 0. The van der Waals surface area contributed by atoms with Crippen molar-refractivity contribution in [2.45, 2.75) is 0 Å². The summed E-state index contributed by atoms with van der Waals surface area (Å²) < 4.78 is 0. The third-order valence-electron chi connectivity index (χ3n) is 1.16. The van der Waals surface area contributed by atoms with Crippen LogP contribution in [-0.2, 0) is 0 Å². The number of hydrogen-bond acceptors (Lipinski definition) is 1. The van der Waals surface area contributed by atoms with E-state index in [0.29, 0.717) is 0 Å². The fraction of sp³-hybridized carbons (Fsp3) is 0.429. The maximum absolute atomic E-state index is 3.10. The molecule has 0 aliphatic carbocycles. The lowest BCUT2D eigenvalue weighted by atomic mass is 10.6. The molecule has 0 amide bonds. The Hall–Kier alpha value is 0.180. The van der Waals surface area contributed by atoms with Gasteiger partial charge in [-0.25, -0.2) is 10.9 Å². The zero-order valence-corrected chi connectivity index (χ0v) is 7.21. The SMILES string of the molecule is CSCC[SH]1C=[C]C=C1. The molecule has 1 atom stereocenters. The van der Waals surface area contributed by atoms with Crippen molar-refractivity contribution in [1.82, 2.24) is 0 Å². The fourth-order valence-corrected chi connectivity index (χ4v) is 3.15. The summed E-state index contributed by atoms with van der Waals surface area (Å²) in [4.78, 5) is 0. The topological polar surface area (TPSA) is 0 Å². The van der Waals surface area contributed by atoms with Gasteiger partial charge in [-0.15, -0.1) is 0 Å². The van der Waals surface area contributed by atoms with E-state index in [9.17, 15) is 0 Å². The molecular formula is C7H11S2. The number of allylic oxidation sites excluding steroid dienone is 2. The van der Waals surface area contributed by atoms with Crippen molar-refractivity contribution in [2.75, 3.05) is 17.8 Å². The van der Waals surface area contributed by atoms with Crippen molar-refractivity contribution in [3.63, 3.8) is 0 Å². The van der Waals surface area contributed by atoms with Crippen molar-refractivity contribution in [3.05, 3.63) is 23.0 Å². The van der Waals surface area contributed by atoms with Gasteiger partial charge in [-0.1, -0.05) is 0 Å². The van der Waals surface area contributed by atoms with Gasteiger partial charge < -0.3 is 0 Å². The lowest BCUT2D eigenvalue weighted by Gasteiger charge is -2.06. The van der Waals surface area contributed by atoms with E-state index in [-0.39, 0.29) is 10.9 Å². The Morgan fingerprint density at radius 2 is 2.56 bits per heavy atom. The average Bonchev–Trinajstić information content (AvgIpc) is 2.34. The minimum atomic E-state index is 0.111. The molecule has 9 heavy (non-hydrogen) atoms. The van der Waals surface area contributed by atoms with E-state index in [2.05, 4.69) is 23.1 Å². The molecule has 0 nitrogen and oxygen atoms in total. The second-order valence-electron chi connectivity index (χ2n) is 1.84. The summed E-state index contributed by atoms with van der Waals surface area (Å²) in [5, 5.41) is 4.47. The number of thiol groups is 1. The van der Waals surface area contributed by atoms with Crippen LogP contribution in [0.25, 0.3) is 0 Å². The number of thioether (sulfide) groups is 1. The smallest absolute Gasteiger partial charge is 0.000977 e. The van der Waals surface area contributed by atoms with Crippen LogP contribution in [0.3, 0.4) is 0 Å². The van der Waals surface area contributed by atoms with Crippen LogP contribution in [0.5, 0.6) is 0 Å². The molecule has 1 radical (unpaired) electrons. The largest absolute Gasteiger partial charge is 0.212 e. The Labute approximate surface area is 63.8 Å². The van der Waals surface area contributed by atoms with Crippen LogP contribution >= 0.6 is 22.7 Å². The van der Waals surface area contributed by atoms with Crippen LogP contribution in [0.15, 0.2) is 16.9 Å². The molecule has 0 bridgehead atoms. The minimum Gasteiger partial charge on any atom is -0.212 e. The molecular weight excluding hydrogens is 148 g/mol. The van der Waals surface area contributed by atoms with E-state index in [0.717, 1.165) is 0 Å². The van der Waals surface area contributed by atoms with Gasteiger partial charge in [-0.2, -0.15) is 11.8 Å². The molecule has 0 N–H and O–H groups in total. The maximum atomic E-state index is 3.10. The van der Waals surface area contributed by atoms with Crippen LogP contribution in [0, 0.1) is 6.08 Å². The molecule has 0 saturated carbocycles. The van der Waals surface area contributed by atoms with E-state index in [1.165, 1.54) is 11.5 Å². The molecule has 0 aromatic heterocycles. The average molecular weight is 159 g/mol. The fourth-order valence-electron chi connectivity index (χ4n) is 0.656. The lowest BCUT2D eigenvalue weighted by molar-refractivity contribution is 1.56. The van der Waals surface area contributed by atoms with Crippen LogP contribution in [0.1, 0.15) is 0 Å². The van der Waals surface area contributed by atoms with Crippen molar-refractivity contribution >= 4 is 22.7 Å². The molecule has 0 aromatic rings. The Bertz CT molecular complexity index is 115. The summed E-state index contributed by atoms with van der Waals surface area (Å²) in [5.74, 6) is 2.62. The number of rotatable bonds is 3. The van der Waals surface area contributed by atoms with Gasteiger partial charge in [0.15, 0.2) is 0 Å². The normalized spacial score (nSPS) is 19.4. The van der Waals surface area contributed by atoms with E-state index >= 15 is 0 Å². The monoisotopic (exact) mass is 159 g/mol. The third kappa shape index (κ3) is 2.50. The third-order valence-corrected chi connectivity index (χ3v) is 3.82. The summed E-state index contributed by atoms with van der Waals surface area (Å²) in [6.07, 6.45) is 7.28. The minimum absolute atomic E-state index is 0.111. The summed E-state index contributed by atoms with van der Waals surface area (Å²) >= 11 is 1.92. The van der Waals surface area contributed by atoms with Gasteiger partial charge in [0, 0.05) is 5.75 Å². The Balaban J connectivity index is 2.13. The highest BCUT2D eigenvalue weighted by Crippen LogP contribution is 2.32. The molecule has 0 spiro atoms. The maximum Gasteiger partial charge on any atom is 0.000977 e. The van der Waals surface area contributed by atoms with E-state index in [1.807, 2.05) is 17.8 Å². The van der Waals surface area contributed by atoms with Gasteiger partial charge in [-0.3, -0.25) is 0 Å². The Kier molecular flexibility index (Phi) is 3.30. The molecule has 1 rings (SSSR count). The van der Waals surface area contributed by atoms with Crippen LogP contribution in [0.4, 0.5) is 0 Å². The molecule has 1 aliphatic heterocycles. The first-order valence-electron chi connectivity index (χ1n) is 2.94. The highest BCUT2D eigenvalue weighted by atomic mass is 32.2. The Morgan fingerprint density at radius 1 is 1.67 bits per heavy atom. The second-order valence-corrected chi connectivity index (χ2v) is 4.86. The molecule has 0 aromatic carbocycles. The second kappa shape index (κ2) is 4.07. The van der Waals surface area contributed by atoms with E-state index in [4.69, 9.17) is 0 Å². The zero-order chi connectivity index (χ0) is 6.53. The van der Waals surface area contributed by atoms with E-state index in [1.54, 1.807) is 0 Å². The van der Waals surface area contributed by atoms with Gasteiger partial charge in [0.05, 0.1) is 0 Å². The molecule has 1 aliphatic rings. The summed E-state index contributed by atoms with van der Waals surface area (Å²) in [5.41, 5.74) is 0. The standard InChI is InChI=1S/C7H11S2/c1-8-4-7-9-5-2-3-6-9/h2,5-6,9H,4,7H2,1H3. The molecule has 2 heteroatoms. The van der Waals surface area contributed by atoms with Gasteiger partial charge in [-0.05, 0) is 35.0 Å². The number of hydrogen-bond donors (Lipinski definition) is 1. The highest BCUT2D eigenvalue weighted by Gasteiger charge is 1.96. The van der Waals surface area contributed by atoms with Crippen LogP contribution < -0.4 is 0 Å². The molecule has 0 saturated heterocycles. The molecule has 1 heterocycles. The summed E-state index contributed by atoms with van der Waals surface area (Å²) in [7, 11) is 0.111. The highest BCUT2D eigenvalue weighted by molar-refractivity contribution is 8.22. The predicted octanol–water partition coefficient (Wildman–Crippen LogP) is 2.19. The van der Waals surface area contributed by atoms with Gasteiger partial charge in [0.25, 0.3) is 0 Å². The van der Waals surface area contributed by atoms with Crippen molar-refractivity contribution < 1.29 is 0 Å². The quantitative estimate of drug-likeness (QED) is 0.616. The van der Waals surface area contributed by atoms with E-state index < -0.39 is 0 Å². The van der Waals surface area contributed by atoms with Crippen molar-refractivity contribution in [1.29, 1.82) is 0 Å². The predicted molar refractivity (Wildman–Crippen MR) is 49.2 cm³/mol. The first-order chi connectivity index (χ1) is 4.43. The lowest BCUT2D eigenvalue weighted by Crippen LogP contribution is -1.83. The molecule has 51 valence electrons. The van der Waals surface area contributed by atoms with Crippen LogP contribution in [-0.4, -0.2) is 17.8 Å². The molecule has 0 fully saturated rings. The summed E-state index contributed by atoms with van der Waals surface area (Å²) in [6.45, 7) is 0. The van der Waals surface area contributed by atoms with Gasteiger partial charge >= 0.3 is 0 Å². The van der Waals surface area contributed by atoms with Gasteiger partial charge in [0.1, 0.15) is 0 Å².